The zero-order valence-electron chi connectivity index (χ0n) is 11.6. The molecule has 1 unspecified atom stereocenters. The van der Waals surface area contributed by atoms with Crippen molar-refractivity contribution in [2.75, 3.05) is 7.05 Å². The van der Waals surface area contributed by atoms with Gasteiger partial charge >= 0.3 is 0 Å². The molecule has 0 heterocycles. The van der Waals surface area contributed by atoms with Crippen molar-refractivity contribution >= 4 is 38.3 Å². The minimum atomic E-state index is 0.0664. The molecule has 0 spiro atoms. The fourth-order valence-corrected chi connectivity index (χ4v) is 3.45. The van der Waals surface area contributed by atoms with Gasteiger partial charge in [0.2, 0.25) is 0 Å². The average Bonchev–Trinajstić information content (AvgIpc) is 2.52. The second-order valence-corrected chi connectivity index (χ2v) is 6.19. The lowest BCUT2D eigenvalue weighted by atomic mass is 9.94. The third kappa shape index (κ3) is 2.71. The van der Waals surface area contributed by atoms with Gasteiger partial charge in [-0.25, -0.2) is 0 Å². The fourth-order valence-electron chi connectivity index (χ4n) is 2.73. The number of hydrogen-bond donors (Lipinski definition) is 1. The Morgan fingerprint density at radius 2 is 1.52 bits per heavy atom. The molecule has 1 N–H and O–H groups in total. The Bertz CT molecular complexity index is 785. The molecule has 3 heteroatoms. The summed E-state index contributed by atoms with van der Waals surface area (Å²) < 4.78 is 1.11. The standard InChI is InChI=1S/C18H15BrClN/c1-21-18(15-8-4-5-9-17(15)20)14-10-11-16(19)13-7-3-2-6-12(13)14/h2-11,18,21H,1H3. The van der Waals surface area contributed by atoms with Gasteiger partial charge in [0, 0.05) is 9.50 Å². The van der Waals surface area contributed by atoms with Gasteiger partial charge in [0.05, 0.1) is 6.04 Å². The molecule has 106 valence electrons. The molecular weight excluding hydrogens is 346 g/mol. The Balaban J connectivity index is 2.23. The zero-order chi connectivity index (χ0) is 14.8. The van der Waals surface area contributed by atoms with Gasteiger partial charge in [0.25, 0.3) is 0 Å². The molecule has 3 aromatic rings. The van der Waals surface area contributed by atoms with Crippen LogP contribution in [-0.4, -0.2) is 7.05 Å². The topological polar surface area (TPSA) is 12.0 Å². The molecule has 0 aliphatic carbocycles. The Labute approximate surface area is 138 Å². The van der Waals surface area contributed by atoms with E-state index in [4.69, 9.17) is 11.6 Å². The number of hydrogen-bond acceptors (Lipinski definition) is 1. The maximum atomic E-state index is 6.38. The van der Waals surface area contributed by atoms with Crippen LogP contribution in [0.5, 0.6) is 0 Å². The molecule has 0 amide bonds. The molecule has 1 nitrogen and oxygen atoms in total. The molecule has 0 radical (unpaired) electrons. The molecule has 3 rings (SSSR count). The van der Waals surface area contributed by atoms with Crippen molar-refractivity contribution in [1.29, 1.82) is 0 Å². The molecule has 0 aliphatic heterocycles. The predicted molar refractivity (Wildman–Crippen MR) is 94.0 cm³/mol. The molecule has 0 bridgehead atoms. The van der Waals surface area contributed by atoms with E-state index in [1.54, 1.807) is 0 Å². The molecule has 0 fully saturated rings. The summed E-state index contributed by atoms with van der Waals surface area (Å²) in [7, 11) is 1.96. The van der Waals surface area contributed by atoms with E-state index in [2.05, 4.69) is 63.7 Å². The maximum Gasteiger partial charge on any atom is 0.0595 e. The van der Waals surface area contributed by atoms with Crippen LogP contribution in [0.2, 0.25) is 5.02 Å². The van der Waals surface area contributed by atoms with Crippen LogP contribution in [0.3, 0.4) is 0 Å². The van der Waals surface area contributed by atoms with Gasteiger partial charge in [-0.1, -0.05) is 76.1 Å². The quantitative estimate of drug-likeness (QED) is 0.644. The molecule has 3 aromatic carbocycles. The summed E-state index contributed by atoms with van der Waals surface area (Å²) >= 11 is 10.0. The van der Waals surface area contributed by atoms with Crippen LogP contribution in [0.15, 0.2) is 65.1 Å². The van der Waals surface area contributed by atoms with Crippen LogP contribution in [-0.2, 0) is 0 Å². The summed E-state index contributed by atoms with van der Waals surface area (Å²) in [5, 5.41) is 6.61. The van der Waals surface area contributed by atoms with Crippen molar-refractivity contribution in [1.82, 2.24) is 5.32 Å². The zero-order valence-corrected chi connectivity index (χ0v) is 13.9. The molecule has 21 heavy (non-hydrogen) atoms. The minimum absolute atomic E-state index is 0.0664. The first-order valence-corrected chi connectivity index (χ1v) is 7.98. The van der Waals surface area contributed by atoms with Crippen LogP contribution in [0.1, 0.15) is 17.2 Å². The van der Waals surface area contributed by atoms with Gasteiger partial charge in [0.1, 0.15) is 0 Å². The first kappa shape index (κ1) is 14.6. The van der Waals surface area contributed by atoms with E-state index in [0.29, 0.717) is 0 Å². The Morgan fingerprint density at radius 1 is 0.857 bits per heavy atom. The van der Waals surface area contributed by atoms with E-state index in [-0.39, 0.29) is 6.04 Å². The third-order valence-electron chi connectivity index (χ3n) is 3.72. The van der Waals surface area contributed by atoms with Crippen molar-refractivity contribution < 1.29 is 0 Å². The van der Waals surface area contributed by atoms with E-state index >= 15 is 0 Å². The molecule has 0 aromatic heterocycles. The second-order valence-electron chi connectivity index (χ2n) is 4.93. The summed E-state index contributed by atoms with van der Waals surface area (Å²) in [4.78, 5) is 0. The van der Waals surface area contributed by atoms with Crippen molar-refractivity contribution in [3.63, 3.8) is 0 Å². The van der Waals surface area contributed by atoms with Crippen molar-refractivity contribution in [2.45, 2.75) is 6.04 Å². The van der Waals surface area contributed by atoms with E-state index in [1.165, 1.54) is 16.3 Å². The molecule has 0 saturated heterocycles. The summed E-state index contributed by atoms with van der Waals surface area (Å²) in [6.45, 7) is 0. The highest BCUT2D eigenvalue weighted by Gasteiger charge is 2.17. The summed E-state index contributed by atoms with van der Waals surface area (Å²) in [6.07, 6.45) is 0. The largest absolute Gasteiger partial charge is 0.309 e. The van der Waals surface area contributed by atoms with Gasteiger partial charge < -0.3 is 5.32 Å². The summed E-state index contributed by atoms with van der Waals surface area (Å²) in [5.41, 5.74) is 2.32. The average molecular weight is 361 g/mol. The smallest absolute Gasteiger partial charge is 0.0595 e. The first-order valence-electron chi connectivity index (χ1n) is 6.81. The number of benzene rings is 3. The van der Waals surface area contributed by atoms with Gasteiger partial charge in [0.15, 0.2) is 0 Å². The highest BCUT2D eigenvalue weighted by molar-refractivity contribution is 9.10. The minimum Gasteiger partial charge on any atom is -0.309 e. The number of nitrogens with one attached hydrogen (secondary N) is 1. The molecule has 1 atom stereocenters. The number of rotatable bonds is 3. The molecule has 0 saturated carbocycles. The third-order valence-corrected chi connectivity index (χ3v) is 4.76. The lowest BCUT2D eigenvalue weighted by Crippen LogP contribution is -2.18. The fraction of sp³-hybridized carbons (Fsp3) is 0.111. The van der Waals surface area contributed by atoms with E-state index < -0.39 is 0 Å². The Hall–Kier alpha value is -1.35. The first-order chi connectivity index (χ1) is 10.2. The normalized spacial score (nSPS) is 12.5. The summed E-state index contributed by atoms with van der Waals surface area (Å²) in [5.74, 6) is 0. The van der Waals surface area contributed by atoms with Crippen LogP contribution < -0.4 is 5.32 Å². The van der Waals surface area contributed by atoms with Crippen molar-refractivity contribution in [3.05, 3.63) is 81.3 Å². The van der Waals surface area contributed by atoms with Crippen LogP contribution in [0, 0.1) is 0 Å². The van der Waals surface area contributed by atoms with Gasteiger partial charge in [-0.3, -0.25) is 0 Å². The summed E-state index contributed by atoms with van der Waals surface area (Å²) in [6, 6.07) is 20.7. The SMILES string of the molecule is CNC(c1ccccc1Cl)c1ccc(Br)c2ccccc12. The van der Waals surface area contributed by atoms with E-state index in [1.807, 2.05) is 25.2 Å². The van der Waals surface area contributed by atoms with Crippen LogP contribution >= 0.6 is 27.5 Å². The van der Waals surface area contributed by atoms with Gasteiger partial charge in [-0.15, -0.1) is 0 Å². The van der Waals surface area contributed by atoms with Crippen molar-refractivity contribution in [3.8, 4) is 0 Å². The van der Waals surface area contributed by atoms with Crippen LogP contribution in [0.4, 0.5) is 0 Å². The molecule has 0 aliphatic rings. The van der Waals surface area contributed by atoms with Crippen LogP contribution in [0.25, 0.3) is 10.8 Å². The predicted octanol–water partition coefficient (Wildman–Crippen LogP) is 5.56. The maximum absolute atomic E-state index is 6.38. The number of fused-ring (bicyclic) bond motifs is 1. The van der Waals surface area contributed by atoms with E-state index in [9.17, 15) is 0 Å². The lowest BCUT2D eigenvalue weighted by Gasteiger charge is -2.21. The van der Waals surface area contributed by atoms with Gasteiger partial charge in [-0.2, -0.15) is 0 Å². The Kier molecular flexibility index (Phi) is 4.29. The van der Waals surface area contributed by atoms with E-state index in [0.717, 1.165) is 15.1 Å². The highest BCUT2D eigenvalue weighted by Crippen LogP contribution is 2.35. The lowest BCUT2D eigenvalue weighted by molar-refractivity contribution is 0.697. The monoisotopic (exact) mass is 359 g/mol. The highest BCUT2D eigenvalue weighted by atomic mass is 79.9. The second kappa shape index (κ2) is 6.18. The Morgan fingerprint density at radius 3 is 2.24 bits per heavy atom. The van der Waals surface area contributed by atoms with Gasteiger partial charge in [-0.05, 0) is 41.1 Å². The van der Waals surface area contributed by atoms with Crippen molar-refractivity contribution in [2.24, 2.45) is 0 Å². The molecular formula is C18H15BrClN. The number of halogens is 2.